The minimum atomic E-state index is -0.0999. The Kier molecular flexibility index (Phi) is 3.31. The number of benzene rings is 1. The lowest BCUT2D eigenvalue weighted by Crippen LogP contribution is -2.21. The summed E-state index contributed by atoms with van der Waals surface area (Å²) in [5, 5.41) is 30.6. The zero-order valence-electron chi connectivity index (χ0n) is 11.4. The van der Waals surface area contributed by atoms with Gasteiger partial charge in [0.25, 0.3) is 0 Å². The first-order valence-electron chi connectivity index (χ1n) is 6.81. The van der Waals surface area contributed by atoms with Crippen LogP contribution in [0.3, 0.4) is 0 Å². The lowest BCUT2D eigenvalue weighted by atomic mass is 10.2. The van der Waals surface area contributed by atoms with Crippen LogP contribution in [0.15, 0.2) is 18.2 Å². The molecule has 1 unspecified atom stereocenters. The Morgan fingerprint density at radius 2 is 2.15 bits per heavy atom. The molecule has 20 heavy (non-hydrogen) atoms. The molecule has 0 bridgehead atoms. The topological polar surface area (TPSA) is 83.2 Å². The molecule has 2 heterocycles. The maximum Gasteiger partial charge on any atom is 0.157 e. The van der Waals surface area contributed by atoms with E-state index in [4.69, 9.17) is 0 Å². The molecule has 1 aromatic carbocycles. The summed E-state index contributed by atoms with van der Waals surface area (Å²) in [4.78, 5) is 0. The fourth-order valence-electron chi connectivity index (χ4n) is 2.53. The van der Waals surface area contributed by atoms with E-state index in [2.05, 4.69) is 27.0 Å². The summed E-state index contributed by atoms with van der Waals surface area (Å²) in [5.74, 6) is 1.83. The van der Waals surface area contributed by atoms with Gasteiger partial charge in [0.2, 0.25) is 0 Å². The predicted octanol–water partition coefficient (Wildman–Crippen LogP) is 1.49. The standard InChI is InChI=1S/C14H18N4O2/c1-9(14-17-16-13-3-2-6-18(13)14)15-8-10-4-5-11(19)12(20)7-10/h4-5,7,9,15,19-20H,2-3,6,8H2,1H3. The molecule has 0 saturated heterocycles. The third-order valence-corrected chi connectivity index (χ3v) is 3.68. The van der Waals surface area contributed by atoms with Gasteiger partial charge in [0.15, 0.2) is 11.5 Å². The van der Waals surface area contributed by atoms with Crippen LogP contribution in [-0.4, -0.2) is 25.0 Å². The summed E-state index contributed by atoms with van der Waals surface area (Å²) in [6, 6.07) is 4.92. The molecule has 0 aliphatic carbocycles. The predicted molar refractivity (Wildman–Crippen MR) is 73.4 cm³/mol. The summed E-state index contributed by atoms with van der Waals surface area (Å²) >= 11 is 0. The van der Waals surface area contributed by atoms with E-state index in [1.54, 1.807) is 12.1 Å². The Bertz CT molecular complexity index is 624. The molecule has 3 N–H and O–H groups in total. The summed E-state index contributed by atoms with van der Waals surface area (Å²) in [6.45, 7) is 3.64. The lowest BCUT2D eigenvalue weighted by molar-refractivity contribution is 0.402. The number of aromatic hydroxyl groups is 2. The van der Waals surface area contributed by atoms with Crippen LogP contribution in [0.2, 0.25) is 0 Å². The van der Waals surface area contributed by atoms with E-state index in [0.29, 0.717) is 6.54 Å². The molecule has 0 spiro atoms. The van der Waals surface area contributed by atoms with Gasteiger partial charge in [-0.05, 0) is 31.0 Å². The zero-order chi connectivity index (χ0) is 14.1. The highest BCUT2D eigenvalue weighted by Gasteiger charge is 2.20. The monoisotopic (exact) mass is 274 g/mol. The van der Waals surface area contributed by atoms with E-state index in [1.807, 2.05) is 0 Å². The molecule has 6 heteroatoms. The highest BCUT2D eigenvalue weighted by Crippen LogP contribution is 2.25. The number of phenolic OH excluding ortho intramolecular Hbond substituents is 2. The van der Waals surface area contributed by atoms with Crippen LogP contribution in [0.1, 0.15) is 36.6 Å². The first-order chi connectivity index (χ1) is 9.65. The number of fused-ring (bicyclic) bond motifs is 1. The van der Waals surface area contributed by atoms with E-state index in [9.17, 15) is 10.2 Å². The number of aromatic nitrogens is 3. The average Bonchev–Trinajstić information content (AvgIpc) is 3.02. The molecule has 2 aromatic rings. The highest BCUT2D eigenvalue weighted by atomic mass is 16.3. The van der Waals surface area contributed by atoms with Crippen LogP contribution in [0.5, 0.6) is 11.5 Å². The van der Waals surface area contributed by atoms with Crippen molar-refractivity contribution in [1.29, 1.82) is 0 Å². The van der Waals surface area contributed by atoms with Crippen molar-refractivity contribution in [2.24, 2.45) is 0 Å². The van der Waals surface area contributed by atoms with Gasteiger partial charge in [-0.2, -0.15) is 0 Å². The molecule has 0 saturated carbocycles. The van der Waals surface area contributed by atoms with Gasteiger partial charge < -0.3 is 20.1 Å². The largest absolute Gasteiger partial charge is 0.504 e. The van der Waals surface area contributed by atoms with Gasteiger partial charge in [0.1, 0.15) is 11.6 Å². The second-order valence-corrected chi connectivity index (χ2v) is 5.16. The van der Waals surface area contributed by atoms with E-state index in [1.165, 1.54) is 6.07 Å². The summed E-state index contributed by atoms with van der Waals surface area (Å²) < 4.78 is 2.17. The van der Waals surface area contributed by atoms with Crippen LogP contribution >= 0.6 is 0 Å². The van der Waals surface area contributed by atoms with Crippen molar-refractivity contribution in [2.75, 3.05) is 0 Å². The molecule has 106 valence electrons. The summed E-state index contributed by atoms with van der Waals surface area (Å²) in [5.41, 5.74) is 0.910. The molecule has 6 nitrogen and oxygen atoms in total. The minimum absolute atomic E-state index is 0.0882. The molecule has 1 aliphatic heterocycles. The Morgan fingerprint density at radius 3 is 2.95 bits per heavy atom. The van der Waals surface area contributed by atoms with Crippen molar-refractivity contribution in [1.82, 2.24) is 20.1 Å². The highest BCUT2D eigenvalue weighted by molar-refractivity contribution is 5.40. The first-order valence-corrected chi connectivity index (χ1v) is 6.81. The van der Waals surface area contributed by atoms with Crippen LogP contribution in [0.25, 0.3) is 0 Å². The van der Waals surface area contributed by atoms with Crippen molar-refractivity contribution in [3.8, 4) is 11.5 Å². The average molecular weight is 274 g/mol. The number of hydrogen-bond donors (Lipinski definition) is 3. The van der Waals surface area contributed by atoms with Gasteiger partial charge in [0, 0.05) is 19.5 Å². The Morgan fingerprint density at radius 1 is 1.30 bits per heavy atom. The number of hydrogen-bond acceptors (Lipinski definition) is 5. The van der Waals surface area contributed by atoms with Gasteiger partial charge in [-0.1, -0.05) is 6.07 Å². The summed E-state index contributed by atoms with van der Waals surface area (Å²) in [7, 11) is 0. The van der Waals surface area contributed by atoms with Gasteiger partial charge >= 0.3 is 0 Å². The molecule has 0 fully saturated rings. The number of rotatable bonds is 4. The third kappa shape index (κ3) is 2.34. The minimum Gasteiger partial charge on any atom is -0.504 e. The van der Waals surface area contributed by atoms with Crippen molar-refractivity contribution >= 4 is 0 Å². The fourth-order valence-corrected chi connectivity index (χ4v) is 2.53. The SMILES string of the molecule is CC(NCc1ccc(O)c(O)c1)c1nnc2n1CCC2. The Hall–Kier alpha value is -2.08. The Labute approximate surface area is 117 Å². The van der Waals surface area contributed by atoms with E-state index >= 15 is 0 Å². The van der Waals surface area contributed by atoms with Crippen molar-refractivity contribution in [3.05, 3.63) is 35.4 Å². The normalized spacial score (nSPS) is 15.2. The second kappa shape index (κ2) is 5.13. The molecule has 3 rings (SSSR count). The number of aryl methyl sites for hydroxylation is 1. The molecular formula is C14H18N4O2. The van der Waals surface area contributed by atoms with Gasteiger partial charge in [-0.3, -0.25) is 0 Å². The van der Waals surface area contributed by atoms with E-state index in [0.717, 1.165) is 36.6 Å². The van der Waals surface area contributed by atoms with Crippen molar-refractivity contribution in [2.45, 2.75) is 38.9 Å². The van der Waals surface area contributed by atoms with Crippen molar-refractivity contribution < 1.29 is 10.2 Å². The Balaban J connectivity index is 1.67. The van der Waals surface area contributed by atoms with Gasteiger partial charge in [0.05, 0.1) is 6.04 Å². The lowest BCUT2D eigenvalue weighted by Gasteiger charge is -2.14. The quantitative estimate of drug-likeness (QED) is 0.736. The molecule has 1 atom stereocenters. The molecule has 1 aromatic heterocycles. The molecule has 1 aliphatic rings. The van der Waals surface area contributed by atoms with E-state index in [-0.39, 0.29) is 17.5 Å². The summed E-state index contributed by atoms with van der Waals surface area (Å²) in [6.07, 6.45) is 2.14. The molecular weight excluding hydrogens is 256 g/mol. The third-order valence-electron chi connectivity index (χ3n) is 3.68. The second-order valence-electron chi connectivity index (χ2n) is 5.16. The number of nitrogens with zero attached hydrogens (tertiary/aromatic N) is 3. The number of phenols is 2. The van der Waals surface area contributed by atoms with Gasteiger partial charge in [-0.15, -0.1) is 10.2 Å². The van der Waals surface area contributed by atoms with Crippen LogP contribution in [0, 0.1) is 0 Å². The molecule has 0 amide bonds. The van der Waals surface area contributed by atoms with Crippen LogP contribution in [0.4, 0.5) is 0 Å². The number of nitrogens with one attached hydrogen (secondary N) is 1. The zero-order valence-corrected chi connectivity index (χ0v) is 11.4. The molecule has 0 radical (unpaired) electrons. The van der Waals surface area contributed by atoms with Crippen molar-refractivity contribution in [3.63, 3.8) is 0 Å². The maximum atomic E-state index is 9.47. The van der Waals surface area contributed by atoms with Crippen LogP contribution < -0.4 is 5.32 Å². The van der Waals surface area contributed by atoms with Crippen LogP contribution in [-0.2, 0) is 19.5 Å². The fraction of sp³-hybridized carbons (Fsp3) is 0.429. The maximum absolute atomic E-state index is 9.47. The van der Waals surface area contributed by atoms with E-state index < -0.39 is 0 Å². The van der Waals surface area contributed by atoms with Gasteiger partial charge in [-0.25, -0.2) is 0 Å². The first kappa shape index (κ1) is 12.9. The smallest absolute Gasteiger partial charge is 0.157 e.